The zero-order valence-electron chi connectivity index (χ0n) is 19.2. The highest BCUT2D eigenvalue weighted by atomic mass is 19.1. The topological polar surface area (TPSA) is 128 Å². The number of nitrogens with one attached hydrogen (secondary N) is 2. The highest BCUT2D eigenvalue weighted by Crippen LogP contribution is 2.40. The van der Waals surface area contributed by atoms with E-state index in [1.54, 1.807) is 12.1 Å². The number of hydrogen-bond acceptors (Lipinski definition) is 7. The lowest BCUT2D eigenvalue weighted by Gasteiger charge is -2.08. The van der Waals surface area contributed by atoms with Gasteiger partial charge in [-0.3, -0.25) is 14.6 Å². The van der Waals surface area contributed by atoms with Crippen molar-refractivity contribution in [3.05, 3.63) is 58.8 Å². The number of aryl methyl sites for hydroxylation is 2. The van der Waals surface area contributed by atoms with E-state index in [4.69, 9.17) is 0 Å². The molecule has 1 atom stereocenters. The minimum absolute atomic E-state index is 0.0129. The Morgan fingerprint density at radius 2 is 2.00 bits per heavy atom. The molecular formula is C23H27FN8O2. The summed E-state index contributed by atoms with van der Waals surface area (Å²) in [5.74, 6) is 0.351. The summed E-state index contributed by atoms with van der Waals surface area (Å²) >= 11 is 0. The van der Waals surface area contributed by atoms with E-state index in [2.05, 4.69) is 42.2 Å². The van der Waals surface area contributed by atoms with Crippen molar-refractivity contribution in [2.75, 3.05) is 12.4 Å². The van der Waals surface area contributed by atoms with Gasteiger partial charge in [0.1, 0.15) is 6.17 Å². The van der Waals surface area contributed by atoms with E-state index < -0.39 is 6.17 Å². The molecule has 1 aliphatic rings. The minimum atomic E-state index is -1.19. The van der Waals surface area contributed by atoms with Crippen LogP contribution in [0.5, 0.6) is 0 Å². The van der Waals surface area contributed by atoms with E-state index in [9.17, 15) is 14.0 Å². The second kappa shape index (κ2) is 10.4. The van der Waals surface area contributed by atoms with Gasteiger partial charge in [-0.25, -0.2) is 9.07 Å². The molecule has 3 aromatic heterocycles. The van der Waals surface area contributed by atoms with Crippen molar-refractivity contribution in [3.63, 3.8) is 0 Å². The van der Waals surface area contributed by atoms with Crippen LogP contribution in [-0.2, 0) is 24.2 Å². The highest BCUT2D eigenvalue weighted by Gasteiger charge is 2.24. The maximum absolute atomic E-state index is 14.3. The third kappa shape index (κ3) is 6.40. The summed E-state index contributed by atoms with van der Waals surface area (Å²) in [6.07, 6.45) is 3.34. The lowest BCUT2D eigenvalue weighted by molar-refractivity contribution is -0.115. The number of rotatable bonds is 10. The van der Waals surface area contributed by atoms with Crippen molar-refractivity contribution in [3.8, 4) is 0 Å². The first-order chi connectivity index (χ1) is 16.4. The second-order valence-corrected chi connectivity index (χ2v) is 8.48. The smallest absolute Gasteiger partial charge is 0.273 e. The number of carbonyl (C=O) groups excluding carboxylic acids is 2. The maximum Gasteiger partial charge on any atom is 0.273 e. The third-order valence-electron chi connectivity index (χ3n) is 5.50. The van der Waals surface area contributed by atoms with E-state index in [1.165, 1.54) is 36.3 Å². The molecule has 34 heavy (non-hydrogen) atoms. The van der Waals surface area contributed by atoms with Crippen molar-refractivity contribution < 1.29 is 14.0 Å². The van der Waals surface area contributed by atoms with Crippen molar-refractivity contribution in [2.45, 2.75) is 57.7 Å². The van der Waals surface area contributed by atoms with Crippen LogP contribution >= 0.6 is 0 Å². The summed E-state index contributed by atoms with van der Waals surface area (Å²) in [5, 5.41) is 20.8. The number of nitrogens with zero attached hydrogens (tertiary/aromatic N) is 6. The van der Waals surface area contributed by atoms with E-state index >= 15 is 0 Å². The summed E-state index contributed by atoms with van der Waals surface area (Å²) in [5.41, 5.74) is 3.66. The number of carbonyl (C=O) groups is 2. The fourth-order valence-corrected chi connectivity index (χ4v) is 3.64. The zero-order chi connectivity index (χ0) is 24.1. The van der Waals surface area contributed by atoms with Crippen LogP contribution in [0.4, 0.5) is 10.2 Å². The molecule has 1 aliphatic carbocycles. The van der Waals surface area contributed by atoms with Crippen LogP contribution in [-0.4, -0.2) is 55.2 Å². The van der Waals surface area contributed by atoms with Gasteiger partial charge < -0.3 is 10.6 Å². The van der Waals surface area contributed by atoms with Gasteiger partial charge in [-0.05, 0) is 68.4 Å². The van der Waals surface area contributed by atoms with E-state index in [0.29, 0.717) is 23.9 Å². The molecule has 0 aliphatic heterocycles. The number of pyridine rings is 1. The second-order valence-electron chi connectivity index (χ2n) is 8.48. The van der Waals surface area contributed by atoms with Gasteiger partial charge in [0.2, 0.25) is 5.91 Å². The number of aromatic nitrogens is 6. The number of alkyl halides is 1. The SMILES string of the molecule is CNC(=O)c1cn(CC(F)CCc2ccc(NC(=O)Cc3cc(C4CC4)cc(C)n3)nn2)nn1. The van der Waals surface area contributed by atoms with E-state index in [-0.39, 0.29) is 36.9 Å². The molecule has 0 aromatic carbocycles. The summed E-state index contributed by atoms with van der Waals surface area (Å²) in [6, 6.07) is 7.45. The summed E-state index contributed by atoms with van der Waals surface area (Å²) < 4.78 is 15.6. The minimum Gasteiger partial charge on any atom is -0.354 e. The molecule has 3 heterocycles. The van der Waals surface area contributed by atoms with Crippen LogP contribution in [0.2, 0.25) is 0 Å². The molecule has 4 rings (SSSR count). The van der Waals surface area contributed by atoms with Gasteiger partial charge in [0.05, 0.1) is 30.6 Å². The number of amides is 2. The predicted octanol–water partition coefficient (Wildman–Crippen LogP) is 2.16. The molecule has 1 fully saturated rings. The Bertz CT molecular complexity index is 1160. The van der Waals surface area contributed by atoms with Crippen LogP contribution < -0.4 is 10.6 Å². The summed E-state index contributed by atoms with van der Waals surface area (Å²) in [6.45, 7) is 1.93. The van der Waals surface area contributed by atoms with Crippen LogP contribution in [0, 0.1) is 6.92 Å². The van der Waals surface area contributed by atoms with Gasteiger partial charge in [0.15, 0.2) is 11.5 Å². The van der Waals surface area contributed by atoms with Gasteiger partial charge >= 0.3 is 0 Å². The third-order valence-corrected chi connectivity index (χ3v) is 5.50. The van der Waals surface area contributed by atoms with Crippen molar-refractivity contribution >= 4 is 17.6 Å². The van der Waals surface area contributed by atoms with E-state index in [0.717, 1.165) is 11.4 Å². The first-order valence-electron chi connectivity index (χ1n) is 11.3. The largest absolute Gasteiger partial charge is 0.354 e. The Morgan fingerprint density at radius 1 is 1.18 bits per heavy atom. The van der Waals surface area contributed by atoms with Crippen LogP contribution in [0.25, 0.3) is 0 Å². The average molecular weight is 467 g/mol. The molecule has 10 nitrogen and oxygen atoms in total. The molecule has 2 N–H and O–H groups in total. The monoisotopic (exact) mass is 466 g/mol. The van der Waals surface area contributed by atoms with Crippen LogP contribution in [0.3, 0.4) is 0 Å². The van der Waals surface area contributed by atoms with Gasteiger partial charge in [-0.15, -0.1) is 10.2 Å². The van der Waals surface area contributed by atoms with Gasteiger partial charge in [-0.1, -0.05) is 5.21 Å². The fraction of sp³-hybridized carbons (Fsp3) is 0.435. The van der Waals surface area contributed by atoms with Crippen LogP contribution in [0.1, 0.15) is 58.3 Å². The molecule has 0 radical (unpaired) electrons. The first-order valence-corrected chi connectivity index (χ1v) is 11.3. The van der Waals surface area contributed by atoms with Gasteiger partial charge in [0, 0.05) is 12.7 Å². The van der Waals surface area contributed by atoms with E-state index in [1.807, 2.05) is 13.0 Å². The maximum atomic E-state index is 14.3. The Hall–Kier alpha value is -3.76. The molecule has 2 amide bonds. The molecule has 0 spiro atoms. The number of halogens is 1. The van der Waals surface area contributed by atoms with Crippen molar-refractivity contribution in [2.24, 2.45) is 0 Å². The quantitative estimate of drug-likeness (QED) is 0.469. The fourth-order valence-electron chi connectivity index (χ4n) is 3.64. The summed E-state index contributed by atoms with van der Waals surface area (Å²) in [4.78, 5) is 28.4. The Balaban J connectivity index is 1.24. The van der Waals surface area contributed by atoms with Gasteiger partial charge in [0.25, 0.3) is 5.91 Å². The first kappa shape index (κ1) is 23.4. The Morgan fingerprint density at radius 3 is 2.71 bits per heavy atom. The molecule has 1 saturated carbocycles. The Labute approximate surface area is 196 Å². The average Bonchev–Trinajstić information content (AvgIpc) is 3.57. The van der Waals surface area contributed by atoms with Crippen LogP contribution in [0.15, 0.2) is 30.5 Å². The standard InChI is InChI=1S/C23H27FN8O2/c1-14-9-16(15-3-4-15)10-19(26-14)11-22(33)27-21-8-7-18(28-30-21)6-5-17(24)12-32-13-20(29-31-32)23(34)25-2/h7-10,13,15,17H,3-6,11-12H2,1-2H3,(H,25,34)(H,27,30,33). The highest BCUT2D eigenvalue weighted by molar-refractivity contribution is 5.91. The molecule has 0 bridgehead atoms. The Kier molecular flexibility index (Phi) is 7.19. The lowest BCUT2D eigenvalue weighted by atomic mass is 10.1. The number of anilines is 1. The summed E-state index contributed by atoms with van der Waals surface area (Å²) in [7, 11) is 1.49. The number of hydrogen-bond donors (Lipinski definition) is 2. The molecule has 178 valence electrons. The molecule has 11 heteroatoms. The van der Waals surface area contributed by atoms with Crippen molar-refractivity contribution in [1.82, 2.24) is 35.5 Å². The molecule has 3 aromatic rings. The molecular weight excluding hydrogens is 439 g/mol. The van der Waals surface area contributed by atoms with Crippen molar-refractivity contribution in [1.29, 1.82) is 0 Å². The van der Waals surface area contributed by atoms with Gasteiger partial charge in [-0.2, -0.15) is 5.10 Å². The molecule has 0 saturated heterocycles. The molecule has 1 unspecified atom stereocenters. The lowest BCUT2D eigenvalue weighted by Crippen LogP contribution is -2.18. The predicted molar refractivity (Wildman–Crippen MR) is 122 cm³/mol. The normalized spacial score (nSPS) is 14.0. The zero-order valence-corrected chi connectivity index (χ0v) is 19.2.